The van der Waals surface area contributed by atoms with Gasteiger partial charge in [0.25, 0.3) is 5.91 Å². The van der Waals surface area contributed by atoms with Crippen molar-refractivity contribution in [3.8, 4) is 6.07 Å². The highest BCUT2D eigenvalue weighted by molar-refractivity contribution is 5.97. The number of amides is 1. The average Bonchev–Trinajstić information content (AvgIpc) is 2.39. The molecule has 1 amide bonds. The average molecular weight is 285 g/mol. The van der Waals surface area contributed by atoms with Gasteiger partial charge in [-0.15, -0.1) is 0 Å². The van der Waals surface area contributed by atoms with Crippen molar-refractivity contribution in [2.45, 2.75) is 34.6 Å². The molecule has 0 spiro atoms. The molecular formula is C17H23N3O. The molecule has 0 aliphatic carbocycles. The first-order valence-corrected chi connectivity index (χ1v) is 7.08. The van der Waals surface area contributed by atoms with Gasteiger partial charge in [-0.2, -0.15) is 5.26 Å². The minimum atomic E-state index is -0.346. The number of anilines is 1. The van der Waals surface area contributed by atoms with Gasteiger partial charge in [0.2, 0.25) is 0 Å². The number of nitrogens with zero attached hydrogens (tertiary/aromatic N) is 1. The van der Waals surface area contributed by atoms with Gasteiger partial charge in [-0.1, -0.05) is 31.5 Å². The molecule has 1 aromatic carbocycles. The van der Waals surface area contributed by atoms with Crippen molar-refractivity contribution in [3.05, 3.63) is 40.6 Å². The van der Waals surface area contributed by atoms with E-state index in [9.17, 15) is 4.79 Å². The Bertz CT molecular complexity index is 572. The van der Waals surface area contributed by atoms with E-state index in [-0.39, 0.29) is 11.5 Å². The number of benzene rings is 1. The first kappa shape index (κ1) is 16.8. The summed E-state index contributed by atoms with van der Waals surface area (Å²) in [5.41, 5.74) is 4.38. The van der Waals surface area contributed by atoms with E-state index >= 15 is 0 Å². The number of aryl methyl sites for hydroxylation is 3. The Balaban J connectivity index is 2.87. The van der Waals surface area contributed by atoms with E-state index in [4.69, 9.17) is 5.26 Å². The molecule has 0 fully saturated rings. The summed E-state index contributed by atoms with van der Waals surface area (Å²) in [7, 11) is 0. The van der Waals surface area contributed by atoms with E-state index in [1.807, 2.05) is 40.7 Å². The molecule has 0 saturated heterocycles. The second kappa shape index (κ2) is 7.49. The lowest BCUT2D eigenvalue weighted by molar-refractivity contribution is -0.117. The van der Waals surface area contributed by atoms with Gasteiger partial charge >= 0.3 is 0 Å². The van der Waals surface area contributed by atoms with Crippen molar-refractivity contribution in [1.82, 2.24) is 5.32 Å². The maximum Gasteiger partial charge on any atom is 0.263 e. The SMILES string of the molecule is Cc1cc(C)c(N/C=C(/C#N)C(=O)NCC(C)C)c(C)c1. The monoisotopic (exact) mass is 285 g/mol. The summed E-state index contributed by atoms with van der Waals surface area (Å²) in [6, 6.07) is 6.06. The van der Waals surface area contributed by atoms with Crippen LogP contribution < -0.4 is 10.6 Å². The molecule has 0 bridgehead atoms. The second-order valence-electron chi connectivity index (χ2n) is 5.69. The van der Waals surface area contributed by atoms with Crippen LogP contribution in [0.15, 0.2) is 23.9 Å². The van der Waals surface area contributed by atoms with Crippen molar-refractivity contribution < 1.29 is 4.79 Å². The zero-order chi connectivity index (χ0) is 16.0. The smallest absolute Gasteiger partial charge is 0.263 e. The number of nitriles is 1. The van der Waals surface area contributed by atoms with Crippen molar-refractivity contribution in [2.75, 3.05) is 11.9 Å². The zero-order valence-electron chi connectivity index (χ0n) is 13.4. The van der Waals surface area contributed by atoms with Gasteiger partial charge < -0.3 is 10.6 Å². The lowest BCUT2D eigenvalue weighted by atomic mass is 10.1. The van der Waals surface area contributed by atoms with Gasteiger partial charge in [0.05, 0.1) is 0 Å². The van der Waals surface area contributed by atoms with E-state index in [1.165, 1.54) is 11.8 Å². The van der Waals surface area contributed by atoms with Gasteiger partial charge in [-0.3, -0.25) is 4.79 Å². The number of nitrogens with one attached hydrogen (secondary N) is 2. The Labute approximate surface area is 126 Å². The largest absolute Gasteiger partial charge is 0.360 e. The number of rotatable bonds is 5. The molecular weight excluding hydrogens is 262 g/mol. The molecule has 21 heavy (non-hydrogen) atoms. The summed E-state index contributed by atoms with van der Waals surface area (Å²) in [4.78, 5) is 11.9. The number of carbonyl (C=O) groups excluding carboxylic acids is 1. The summed E-state index contributed by atoms with van der Waals surface area (Å²) < 4.78 is 0. The van der Waals surface area contributed by atoms with Crippen LogP contribution in [0.2, 0.25) is 0 Å². The number of hydrogen-bond donors (Lipinski definition) is 2. The van der Waals surface area contributed by atoms with Gasteiger partial charge in [-0.05, 0) is 37.8 Å². The van der Waals surface area contributed by atoms with Crippen LogP contribution in [0.4, 0.5) is 5.69 Å². The predicted octanol–water partition coefficient (Wildman–Crippen LogP) is 3.20. The van der Waals surface area contributed by atoms with E-state index < -0.39 is 0 Å². The van der Waals surface area contributed by atoms with E-state index in [0.717, 1.165) is 16.8 Å². The minimum absolute atomic E-state index is 0.0787. The molecule has 4 nitrogen and oxygen atoms in total. The fraction of sp³-hybridized carbons (Fsp3) is 0.412. The first-order valence-electron chi connectivity index (χ1n) is 7.08. The Morgan fingerprint density at radius 1 is 1.29 bits per heavy atom. The molecule has 0 atom stereocenters. The fourth-order valence-corrected chi connectivity index (χ4v) is 2.09. The van der Waals surface area contributed by atoms with Crippen molar-refractivity contribution in [3.63, 3.8) is 0 Å². The molecule has 1 rings (SSSR count). The highest BCUT2D eigenvalue weighted by atomic mass is 16.1. The molecule has 112 valence electrons. The maximum absolute atomic E-state index is 11.9. The zero-order valence-corrected chi connectivity index (χ0v) is 13.4. The highest BCUT2D eigenvalue weighted by Crippen LogP contribution is 2.22. The van der Waals surface area contributed by atoms with E-state index in [1.54, 1.807) is 0 Å². The normalized spacial score (nSPS) is 11.2. The first-order chi connectivity index (χ1) is 9.85. The van der Waals surface area contributed by atoms with Crippen molar-refractivity contribution in [1.29, 1.82) is 5.26 Å². The minimum Gasteiger partial charge on any atom is -0.360 e. The third kappa shape index (κ3) is 4.96. The van der Waals surface area contributed by atoms with Crippen LogP contribution in [-0.2, 0) is 4.79 Å². The van der Waals surface area contributed by atoms with Gasteiger partial charge in [-0.25, -0.2) is 0 Å². The molecule has 0 heterocycles. The summed E-state index contributed by atoms with van der Waals surface area (Å²) in [5, 5.41) is 14.9. The molecule has 0 aromatic heterocycles. The van der Waals surface area contributed by atoms with Crippen LogP contribution in [-0.4, -0.2) is 12.5 Å². The quantitative estimate of drug-likeness (QED) is 0.645. The predicted molar refractivity (Wildman–Crippen MR) is 85.8 cm³/mol. The Kier molecular flexibility index (Phi) is 5.98. The lowest BCUT2D eigenvalue weighted by Crippen LogP contribution is -2.28. The summed E-state index contributed by atoms with van der Waals surface area (Å²) in [6.07, 6.45) is 1.47. The molecule has 0 saturated carbocycles. The van der Waals surface area contributed by atoms with Crippen LogP contribution in [0.1, 0.15) is 30.5 Å². The van der Waals surface area contributed by atoms with E-state index in [2.05, 4.69) is 22.8 Å². The fourth-order valence-electron chi connectivity index (χ4n) is 2.09. The summed E-state index contributed by atoms with van der Waals surface area (Å²) in [5.74, 6) is 0.00422. The van der Waals surface area contributed by atoms with Gasteiger partial charge in [0.1, 0.15) is 11.6 Å². The Hall–Kier alpha value is -2.28. The molecule has 1 aromatic rings. The van der Waals surface area contributed by atoms with Crippen LogP contribution in [0, 0.1) is 38.0 Å². The summed E-state index contributed by atoms with van der Waals surface area (Å²) >= 11 is 0. The standard InChI is InChI=1S/C17H23N3O/c1-11(2)9-20-17(21)15(8-18)10-19-16-13(4)6-12(3)7-14(16)5/h6-7,10-11,19H,9H2,1-5H3,(H,20,21)/b15-10-. The lowest BCUT2D eigenvalue weighted by Gasteiger charge is -2.12. The van der Waals surface area contributed by atoms with Crippen molar-refractivity contribution >= 4 is 11.6 Å². The van der Waals surface area contributed by atoms with Gasteiger partial charge in [0, 0.05) is 18.4 Å². The third-order valence-corrected chi connectivity index (χ3v) is 3.07. The molecule has 0 aliphatic rings. The molecule has 4 heteroatoms. The van der Waals surface area contributed by atoms with Crippen LogP contribution in [0.3, 0.4) is 0 Å². The van der Waals surface area contributed by atoms with Crippen LogP contribution in [0.5, 0.6) is 0 Å². The molecule has 0 unspecified atom stereocenters. The Morgan fingerprint density at radius 2 is 1.86 bits per heavy atom. The van der Waals surface area contributed by atoms with Crippen LogP contribution >= 0.6 is 0 Å². The topological polar surface area (TPSA) is 64.9 Å². The summed E-state index contributed by atoms with van der Waals surface area (Å²) in [6.45, 7) is 10.6. The number of hydrogen-bond acceptors (Lipinski definition) is 3. The van der Waals surface area contributed by atoms with Gasteiger partial charge in [0.15, 0.2) is 0 Å². The molecule has 0 radical (unpaired) electrons. The molecule has 2 N–H and O–H groups in total. The maximum atomic E-state index is 11.9. The number of carbonyl (C=O) groups is 1. The van der Waals surface area contributed by atoms with Crippen LogP contribution in [0.25, 0.3) is 0 Å². The van der Waals surface area contributed by atoms with Crippen molar-refractivity contribution in [2.24, 2.45) is 5.92 Å². The third-order valence-electron chi connectivity index (χ3n) is 3.07. The second-order valence-corrected chi connectivity index (χ2v) is 5.69. The highest BCUT2D eigenvalue weighted by Gasteiger charge is 2.09. The molecule has 0 aliphatic heterocycles. The Morgan fingerprint density at radius 3 is 2.33 bits per heavy atom. The van der Waals surface area contributed by atoms with E-state index in [0.29, 0.717) is 12.5 Å².